The van der Waals surface area contributed by atoms with Crippen LogP contribution in [0, 0.1) is 11.2 Å². The second kappa shape index (κ2) is 4.40. The highest BCUT2D eigenvalue weighted by Crippen LogP contribution is 2.23. The van der Waals surface area contributed by atoms with Gasteiger partial charge in [-0.15, -0.1) is 0 Å². The normalized spacial score (nSPS) is 14.6. The molecule has 0 heterocycles. The topological polar surface area (TPSA) is 63.3 Å². The van der Waals surface area contributed by atoms with Crippen LogP contribution in [0.25, 0.3) is 0 Å². The minimum atomic E-state index is -1.11. The molecule has 0 fully saturated rings. The number of nitrogens with two attached hydrogens (primary N) is 1. The number of halogens is 1. The summed E-state index contributed by atoms with van der Waals surface area (Å²) in [6.07, 6.45) is 0.103. The zero-order chi connectivity index (χ0) is 11.5. The van der Waals surface area contributed by atoms with Crippen LogP contribution in [0.4, 0.5) is 4.39 Å². The van der Waals surface area contributed by atoms with E-state index in [4.69, 9.17) is 10.8 Å². The molecule has 0 saturated heterocycles. The average Bonchev–Trinajstić information content (AvgIpc) is 2.21. The summed E-state index contributed by atoms with van der Waals surface area (Å²) in [7, 11) is 0. The van der Waals surface area contributed by atoms with Gasteiger partial charge in [-0.1, -0.05) is 18.2 Å². The number of rotatable bonds is 4. The van der Waals surface area contributed by atoms with E-state index in [-0.39, 0.29) is 13.0 Å². The first-order valence-corrected chi connectivity index (χ1v) is 4.66. The van der Waals surface area contributed by atoms with Crippen LogP contribution < -0.4 is 5.73 Å². The van der Waals surface area contributed by atoms with Crippen molar-refractivity contribution >= 4 is 5.97 Å². The van der Waals surface area contributed by atoms with Crippen LogP contribution >= 0.6 is 0 Å². The van der Waals surface area contributed by atoms with E-state index < -0.39 is 17.2 Å². The lowest BCUT2D eigenvalue weighted by Gasteiger charge is -2.22. The Hall–Kier alpha value is -1.42. The SMILES string of the molecule is C[C@@](CN)(Cc1ccccc1F)C(=O)O. The molecule has 0 aliphatic heterocycles. The molecule has 0 aliphatic carbocycles. The average molecular weight is 211 g/mol. The lowest BCUT2D eigenvalue weighted by Crippen LogP contribution is -2.37. The second-order valence-corrected chi connectivity index (χ2v) is 3.84. The van der Waals surface area contributed by atoms with E-state index in [0.717, 1.165) is 0 Å². The van der Waals surface area contributed by atoms with Gasteiger partial charge in [0, 0.05) is 6.54 Å². The highest BCUT2D eigenvalue weighted by Gasteiger charge is 2.32. The summed E-state index contributed by atoms with van der Waals surface area (Å²) in [4.78, 5) is 11.0. The molecule has 1 atom stereocenters. The highest BCUT2D eigenvalue weighted by atomic mass is 19.1. The van der Waals surface area contributed by atoms with E-state index in [2.05, 4.69) is 0 Å². The van der Waals surface area contributed by atoms with Gasteiger partial charge >= 0.3 is 5.97 Å². The van der Waals surface area contributed by atoms with E-state index >= 15 is 0 Å². The number of hydrogen-bond acceptors (Lipinski definition) is 2. The van der Waals surface area contributed by atoms with Crippen LogP contribution in [0.1, 0.15) is 12.5 Å². The number of carbonyl (C=O) groups is 1. The lowest BCUT2D eigenvalue weighted by atomic mass is 9.83. The van der Waals surface area contributed by atoms with Crippen LogP contribution in [0.2, 0.25) is 0 Å². The quantitative estimate of drug-likeness (QED) is 0.791. The molecule has 82 valence electrons. The van der Waals surface area contributed by atoms with Crippen molar-refractivity contribution in [2.45, 2.75) is 13.3 Å². The van der Waals surface area contributed by atoms with Gasteiger partial charge in [0.15, 0.2) is 0 Å². The van der Waals surface area contributed by atoms with E-state index in [1.54, 1.807) is 18.2 Å². The minimum Gasteiger partial charge on any atom is -0.481 e. The summed E-state index contributed by atoms with van der Waals surface area (Å²) in [6, 6.07) is 6.14. The number of aliphatic carboxylic acids is 1. The predicted molar refractivity (Wildman–Crippen MR) is 54.9 cm³/mol. The van der Waals surface area contributed by atoms with E-state index in [1.807, 2.05) is 0 Å². The van der Waals surface area contributed by atoms with E-state index in [1.165, 1.54) is 13.0 Å². The zero-order valence-electron chi connectivity index (χ0n) is 8.53. The molecule has 0 saturated carbocycles. The molecule has 3 nitrogen and oxygen atoms in total. The third kappa shape index (κ3) is 2.53. The maximum absolute atomic E-state index is 13.3. The highest BCUT2D eigenvalue weighted by molar-refractivity contribution is 5.74. The minimum absolute atomic E-state index is 0.0172. The Labute approximate surface area is 87.7 Å². The van der Waals surface area contributed by atoms with Crippen molar-refractivity contribution in [2.24, 2.45) is 11.1 Å². The van der Waals surface area contributed by atoms with Crippen LogP contribution in [0.15, 0.2) is 24.3 Å². The second-order valence-electron chi connectivity index (χ2n) is 3.84. The molecule has 0 unspecified atom stereocenters. The van der Waals surface area contributed by atoms with Crippen LogP contribution in [-0.2, 0) is 11.2 Å². The Kier molecular flexibility index (Phi) is 3.42. The Morgan fingerprint density at radius 1 is 1.53 bits per heavy atom. The summed E-state index contributed by atoms with van der Waals surface area (Å²) < 4.78 is 13.3. The van der Waals surface area contributed by atoms with Gasteiger partial charge in [-0.3, -0.25) is 4.79 Å². The number of benzene rings is 1. The molecular formula is C11H14FNO2. The Morgan fingerprint density at radius 2 is 2.13 bits per heavy atom. The third-order valence-corrected chi connectivity index (χ3v) is 2.51. The summed E-state index contributed by atoms with van der Waals surface area (Å²) in [5.74, 6) is -1.40. The van der Waals surface area contributed by atoms with Gasteiger partial charge in [-0.2, -0.15) is 0 Å². The van der Waals surface area contributed by atoms with Crippen LogP contribution in [0.3, 0.4) is 0 Å². The van der Waals surface area contributed by atoms with Crippen molar-refractivity contribution in [3.05, 3.63) is 35.6 Å². The molecule has 0 radical (unpaired) electrons. The number of carboxylic acids is 1. The van der Waals surface area contributed by atoms with Crippen molar-refractivity contribution in [3.63, 3.8) is 0 Å². The predicted octanol–water partition coefficient (Wildman–Crippen LogP) is 1.42. The van der Waals surface area contributed by atoms with Gasteiger partial charge in [-0.25, -0.2) is 4.39 Å². The maximum Gasteiger partial charge on any atom is 0.310 e. The first-order chi connectivity index (χ1) is 6.99. The van der Waals surface area contributed by atoms with Crippen molar-refractivity contribution in [2.75, 3.05) is 6.54 Å². The fraction of sp³-hybridized carbons (Fsp3) is 0.364. The monoisotopic (exact) mass is 211 g/mol. The molecule has 1 aromatic carbocycles. The van der Waals surface area contributed by atoms with Crippen molar-refractivity contribution in [3.8, 4) is 0 Å². The van der Waals surface area contributed by atoms with Gasteiger partial charge in [0.1, 0.15) is 5.82 Å². The number of carboxylic acid groups (broad SMARTS) is 1. The standard InChI is InChI=1S/C11H14FNO2/c1-11(7-13,10(14)15)6-8-4-2-3-5-9(8)12/h2-5H,6-7,13H2,1H3,(H,14,15)/t11-/m0/s1. The molecule has 15 heavy (non-hydrogen) atoms. The zero-order valence-corrected chi connectivity index (χ0v) is 8.53. The van der Waals surface area contributed by atoms with Crippen molar-refractivity contribution in [1.29, 1.82) is 0 Å². The van der Waals surface area contributed by atoms with Gasteiger partial charge in [0.25, 0.3) is 0 Å². The van der Waals surface area contributed by atoms with Gasteiger partial charge in [0.2, 0.25) is 0 Å². The summed E-state index contributed by atoms with van der Waals surface area (Å²) in [6.45, 7) is 1.50. The lowest BCUT2D eigenvalue weighted by molar-refractivity contribution is -0.147. The first-order valence-electron chi connectivity index (χ1n) is 4.66. The van der Waals surface area contributed by atoms with Gasteiger partial charge in [-0.05, 0) is 25.0 Å². The molecule has 0 aromatic heterocycles. The molecule has 1 rings (SSSR count). The van der Waals surface area contributed by atoms with E-state index in [9.17, 15) is 9.18 Å². The summed E-state index contributed by atoms with van der Waals surface area (Å²) >= 11 is 0. The smallest absolute Gasteiger partial charge is 0.310 e. The molecule has 0 bridgehead atoms. The van der Waals surface area contributed by atoms with Gasteiger partial charge in [0.05, 0.1) is 5.41 Å². The van der Waals surface area contributed by atoms with Gasteiger partial charge < -0.3 is 10.8 Å². The molecule has 0 amide bonds. The molecule has 0 spiro atoms. The molecule has 0 aliphatic rings. The largest absolute Gasteiger partial charge is 0.481 e. The summed E-state index contributed by atoms with van der Waals surface area (Å²) in [5.41, 5.74) is 4.68. The fourth-order valence-corrected chi connectivity index (χ4v) is 1.30. The van der Waals surface area contributed by atoms with Crippen molar-refractivity contribution in [1.82, 2.24) is 0 Å². The third-order valence-electron chi connectivity index (χ3n) is 2.51. The Balaban J connectivity index is 2.94. The fourth-order valence-electron chi connectivity index (χ4n) is 1.30. The van der Waals surface area contributed by atoms with Crippen LogP contribution in [0.5, 0.6) is 0 Å². The molecular weight excluding hydrogens is 197 g/mol. The molecule has 3 N–H and O–H groups in total. The summed E-state index contributed by atoms with van der Waals surface area (Å²) in [5, 5.41) is 8.98. The Morgan fingerprint density at radius 3 is 2.60 bits per heavy atom. The van der Waals surface area contributed by atoms with Crippen LogP contribution in [-0.4, -0.2) is 17.6 Å². The molecule has 4 heteroatoms. The van der Waals surface area contributed by atoms with E-state index in [0.29, 0.717) is 5.56 Å². The maximum atomic E-state index is 13.3. The first kappa shape index (κ1) is 11.7. The van der Waals surface area contributed by atoms with Crippen molar-refractivity contribution < 1.29 is 14.3 Å². The number of hydrogen-bond donors (Lipinski definition) is 2. The molecule has 1 aromatic rings. The Bertz CT molecular complexity index is 367.